The molecule has 0 amide bonds. The molecular weight excluding hydrogens is 240 g/mol. The number of aromatic nitrogens is 2. The summed E-state index contributed by atoms with van der Waals surface area (Å²) in [6, 6.07) is 0. The molecule has 1 aromatic heterocycles. The zero-order valence-electron chi connectivity index (χ0n) is 7.94. The van der Waals surface area contributed by atoms with E-state index in [1.54, 1.807) is 0 Å². The Kier molecular flexibility index (Phi) is 4.90. The first-order valence-corrected chi connectivity index (χ1v) is 6.16. The second-order valence-corrected chi connectivity index (χ2v) is 4.86. The lowest BCUT2D eigenvalue weighted by Crippen LogP contribution is -2.34. The Morgan fingerprint density at radius 2 is 2.00 bits per heavy atom. The quantitative estimate of drug-likeness (QED) is 0.498. The highest BCUT2D eigenvalue weighted by Crippen LogP contribution is 2.26. The molecule has 0 unspecified atom stereocenters. The van der Waals surface area contributed by atoms with Crippen LogP contribution in [0.4, 0.5) is 0 Å². The van der Waals surface area contributed by atoms with Crippen LogP contribution in [0.15, 0.2) is 4.34 Å². The van der Waals surface area contributed by atoms with Gasteiger partial charge in [0.15, 0.2) is 4.34 Å². The minimum Gasteiger partial charge on any atom is -0.394 e. The summed E-state index contributed by atoms with van der Waals surface area (Å²) in [7, 11) is 0. The van der Waals surface area contributed by atoms with Gasteiger partial charge in [0.25, 0.3) is 0 Å². The van der Waals surface area contributed by atoms with E-state index in [2.05, 4.69) is 10.2 Å². The van der Waals surface area contributed by atoms with Crippen molar-refractivity contribution in [2.45, 2.75) is 22.7 Å². The minimum atomic E-state index is -1.46. The van der Waals surface area contributed by atoms with Crippen LogP contribution in [0.25, 0.3) is 0 Å². The van der Waals surface area contributed by atoms with Gasteiger partial charge in [-0.3, -0.25) is 0 Å². The molecule has 0 saturated carbocycles. The summed E-state index contributed by atoms with van der Waals surface area (Å²) >= 11 is 2.51. The maximum absolute atomic E-state index is 9.58. The standard InChI is InChI=1S/C7H12N2O4S2/c1-14-7-9-8-6(15-7)5(13)4(12)3(11)2-10/h3-5,10-13H,2H2,1H3/t3-,4-,5+/m1/s1. The summed E-state index contributed by atoms with van der Waals surface area (Å²) in [4.78, 5) is 0. The van der Waals surface area contributed by atoms with Crippen LogP contribution in [0, 0.1) is 0 Å². The highest BCUT2D eigenvalue weighted by Gasteiger charge is 2.28. The zero-order chi connectivity index (χ0) is 11.4. The Hall–Kier alpha value is -0.250. The fourth-order valence-corrected chi connectivity index (χ4v) is 2.20. The molecule has 0 aliphatic carbocycles. The van der Waals surface area contributed by atoms with E-state index in [1.165, 1.54) is 11.8 Å². The second kappa shape index (κ2) is 5.73. The third-order valence-corrected chi connectivity index (χ3v) is 3.72. The summed E-state index contributed by atoms with van der Waals surface area (Å²) in [5.74, 6) is 0. The van der Waals surface area contributed by atoms with Gasteiger partial charge < -0.3 is 20.4 Å². The number of rotatable bonds is 5. The number of hydrogen-bond donors (Lipinski definition) is 4. The first-order chi connectivity index (χ1) is 7.10. The van der Waals surface area contributed by atoms with Gasteiger partial charge in [0.05, 0.1) is 6.61 Å². The van der Waals surface area contributed by atoms with E-state index in [0.29, 0.717) is 4.34 Å². The van der Waals surface area contributed by atoms with Crippen molar-refractivity contribution in [2.24, 2.45) is 0 Å². The fraction of sp³-hybridized carbons (Fsp3) is 0.714. The predicted octanol–water partition coefficient (Wildman–Crippen LogP) is -0.992. The molecule has 86 valence electrons. The first kappa shape index (κ1) is 12.8. The highest BCUT2D eigenvalue weighted by molar-refractivity contribution is 8.00. The van der Waals surface area contributed by atoms with Gasteiger partial charge in [0, 0.05) is 0 Å². The SMILES string of the molecule is CSc1nnc([C@@H](O)[C@H](O)[C@H](O)CO)s1. The lowest BCUT2D eigenvalue weighted by molar-refractivity contribution is -0.0778. The molecule has 1 heterocycles. The number of hydrogen-bond acceptors (Lipinski definition) is 8. The number of aliphatic hydroxyl groups excluding tert-OH is 4. The monoisotopic (exact) mass is 252 g/mol. The van der Waals surface area contributed by atoms with Gasteiger partial charge >= 0.3 is 0 Å². The lowest BCUT2D eigenvalue weighted by atomic mass is 10.1. The van der Waals surface area contributed by atoms with Crippen molar-refractivity contribution in [3.63, 3.8) is 0 Å². The summed E-state index contributed by atoms with van der Waals surface area (Å²) in [6.07, 6.45) is -2.36. The van der Waals surface area contributed by atoms with Gasteiger partial charge in [-0.2, -0.15) is 0 Å². The average molecular weight is 252 g/mol. The topological polar surface area (TPSA) is 107 Å². The normalized spacial score (nSPS) is 17.4. The van der Waals surface area contributed by atoms with E-state index < -0.39 is 24.9 Å². The molecule has 3 atom stereocenters. The maximum Gasteiger partial charge on any atom is 0.174 e. The zero-order valence-corrected chi connectivity index (χ0v) is 9.57. The molecule has 0 aliphatic heterocycles. The summed E-state index contributed by atoms with van der Waals surface area (Å²) < 4.78 is 0.662. The molecule has 0 spiro atoms. The summed E-state index contributed by atoms with van der Waals surface area (Å²) in [5.41, 5.74) is 0. The first-order valence-electron chi connectivity index (χ1n) is 4.12. The number of aliphatic hydroxyl groups is 4. The van der Waals surface area contributed by atoms with Crippen molar-refractivity contribution in [1.82, 2.24) is 10.2 Å². The van der Waals surface area contributed by atoms with Crippen molar-refractivity contribution in [1.29, 1.82) is 0 Å². The van der Waals surface area contributed by atoms with Gasteiger partial charge in [-0.1, -0.05) is 23.1 Å². The van der Waals surface area contributed by atoms with Crippen molar-refractivity contribution >= 4 is 23.1 Å². The van der Waals surface area contributed by atoms with Crippen LogP contribution in [0.1, 0.15) is 11.1 Å². The summed E-state index contributed by atoms with van der Waals surface area (Å²) in [6.45, 7) is -0.619. The van der Waals surface area contributed by atoms with Gasteiger partial charge in [-0.15, -0.1) is 10.2 Å². The molecule has 0 radical (unpaired) electrons. The maximum atomic E-state index is 9.58. The van der Waals surface area contributed by atoms with E-state index in [-0.39, 0.29) is 5.01 Å². The molecule has 0 bridgehead atoms. The largest absolute Gasteiger partial charge is 0.394 e. The van der Waals surface area contributed by atoms with E-state index in [1.807, 2.05) is 6.26 Å². The Bertz CT molecular complexity index is 309. The summed E-state index contributed by atoms with van der Waals surface area (Å²) in [5, 5.41) is 44.3. The molecule has 1 aromatic rings. The van der Waals surface area contributed by atoms with E-state index >= 15 is 0 Å². The lowest BCUT2D eigenvalue weighted by Gasteiger charge is -2.19. The third-order valence-electron chi connectivity index (χ3n) is 1.75. The molecule has 6 nitrogen and oxygen atoms in total. The van der Waals surface area contributed by atoms with Crippen LogP contribution >= 0.6 is 23.1 Å². The van der Waals surface area contributed by atoms with Crippen LogP contribution in [0.5, 0.6) is 0 Å². The van der Waals surface area contributed by atoms with Crippen LogP contribution < -0.4 is 0 Å². The minimum absolute atomic E-state index is 0.222. The molecule has 4 N–H and O–H groups in total. The molecule has 1 rings (SSSR count). The second-order valence-electron chi connectivity index (χ2n) is 2.80. The van der Waals surface area contributed by atoms with E-state index in [4.69, 9.17) is 10.2 Å². The molecule has 15 heavy (non-hydrogen) atoms. The molecule has 8 heteroatoms. The van der Waals surface area contributed by atoms with Gasteiger partial charge in [-0.25, -0.2) is 0 Å². The van der Waals surface area contributed by atoms with Gasteiger partial charge in [-0.05, 0) is 6.26 Å². The van der Waals surface area contributed by atoms with Crippen LogP contribution in [0.3, 0.4) is 0 Å². The molecule has 0 saturated heterocycles. The molecular formula is C7H12N2O4S2. The Morgan fingerprint density at radius 3 is 2.47 bits per heavy atom. The number of nitrogens with zero attached hydrogens (tertiary/aromatic N) is 2. The smallest absolute Gasteiger partial charge is 0.174 e. The molecule has 0 aliphatic rings. The van der Waals surface area contributed by atoms with E-state index in [0.717, 1.165) is 11.3 Å². The predicted molar refractivity (Wildman–Crippen MR) is 55.7 cm³/mol. The van der Waals surface area contributed by atoms with Crippen LogP contribution in [-0.4, -0.2) is 55.7 Å². The Morgan fingerprint density at radius 1 is 1.33 bits per heavy atom. The van der Waals surface area contributed by atoms with Crippen LogP contribution in [0.2, 0.25) is 0 Å². The Balaban J connectivity index is 2.70. The highest BCUT2D eigenvalue weighted by atomic mass is 32.2. The van der Waals surface area contributed by atoms with Crippen molar-refractivity contribution < 1.29 is 20.4 Å². The van der Waals surface area contributed by atoms with Gasteiger partial charge in [0.2, 0.25) is 0 Å². The Labute approximate surface area is 94.6 Å². The van der Waals surface area contributed by atoms with Crippen LogP contribution in [-0.2, 0) is 0 Å². The van der Waals surface area contributed by atoms with Crippen molar-refractivity contribution in [3.8, 4) is 0 Å². The van der Waals surface area contributed by atoms with Crippen molar-refractivity contribution in [3.05, 3.63) is 5.01 Å². The molecule has 0 fully saturated rings. The molecule has 0 aromatic carbocycles. The van der Waals surface area contributed by atoms with Crippen molar-refractivity contribution in [2.75, 3.05) is 12.9 Å². The fourth-order valence-electron chi connectivity index (χ4n) is 0.887. The van der Waals surface area contributed by atoms with Gasteiger partial charge in [0.1, 0.15) is 23.3 Å². The van der Waals surface area contributed by atoms with E-state index in [9.17, 15) is 10.2 Å². The third kappa shape index (κ3) is 3.10. The average Bonchev–Trinajstić information content (AvgIpc) is 2.74. The number of thioether (sulfide) groups is 1.